The van der Waals surface area contributed by atoms with Gasteiger partial charge >= 0.3 is 0 Å². The molecule has 2 aromatic carbocycles. The largest absolute Gasteiger partial charge is 0.369 e. The van der Waals surface area contributed by atoms with Gasteiger partial charge in [0.05, 0.1) is 5.41 Å². The summed E-state index contributed by atoms with van der Waals surface area (Å²) in [6.45, 7) is 0. The molecule has 0 spiro atoms. The van der Waals surface area contributed by atoms with E-state index in [0.29, 0.717) is 5.82 Å². The Morgan fingerprint density at radius 1 is 1.00 bits per heavy atom. The van der Waals surface area contributed by atoms with E-state index in [1.165, 1.54) is 0 Å². The van der Waals surface area contributed by atoms with Crippen LogP contribution in [0.3, 0.4) is 0 Å². The smallest absolute Gasteiger partial charge is 0.278 e. The normalized spacial score (nSPS) is 25.4. The van der Waals surface area contributed by atoms with Crippen LogP contribution < -0.4 is 21.9 Å². The topological polar surface area (TPSA) is 162 Å². The Bertz CT molecular complexity index is 1670. The number of aromatic amines is 2. The van der Waals surface area contributed by atoms with Crippen LogP contribution in [0.2, 0.25) is 0 Å². The summed E-state index contributed by atoms with van der Waals surface area (Å²) in [5.41, 5.74) is 7.44. The first-order valence-electron chi connectivity index (χ1n) is 11.5. The molecule has 3 atom stereocenters. The highest BCUT2D eigenvalue weighted by molar-refractivity contribution is 6.08. The first kappa shape index (κ1) is 20.4. The van der Waals surface area contributed by atoms with Gasteiger partial charge in [-0.1, -0.05) is 48.5 Å². The second-order valence-electron chi connectivity index (χ2n) is 9.19. The van der Waals surface area contributed by atoms with Crippen LogP contribution in [0.5, 0.6) is 0 Å². The number of nitrogens with zero attached hydrogens (tertiary/aromatic N) is 3. The minimum atomic E-state index is -0.918. The van der Waals surface area contributed by atoms with E-state index in [-0.39, 0.29) is 41.0 Å². The molecule has 178 valence electrons. The number of rotatable bonds is 2. The number of nitrogen functional groups attached to an aromatic ring is 1. The van der Waals surface area contributed by atoms with Crippen molar-refractivity contribution >= 4 is 40.7 Å². The summed E-state index contributed by atoms with van der Waals surface area (Å²) in [5.74, 6) is -0.182. The average molecular weight is 480 g/mol. The maximum atomic E-state index is 13.8. The zero-order chi connectivity index (χ0) is 24.6. The van der Waals surface area contributed by atoms with E-state index < -0.39 is 23.2 Å². The van der Waals surface area contributed by atoms with Gasteiger partial charge in [0.1, 0.15) is 23.7 Å². The van der Waals surface area contributed by atoms with Crippen molar-refractivity contribution in [3.05, 3.63) is 87.6 Å². The monoisotopic (exact) mass is 480 g/mol. The lowest BCUT2D eigenvalue weighted by Gasteiger charge is -2.35. The highest BCUT2D eigenvalue weighted by Gasteiger charge is 2.64. The molecule has 0 bridgehead atoms. The number of nitrogens with one attached hydrogen (secondary N) is 4. The lowest BCUT2D eigenvalue weighted by atomic mass is 9.77. The second-order valence-corrected chi connectivity index (χ2v) is 9.19. The summed E-state index contributed by atoms with van der Waals surface area (Å²) < 4.78 is 0. The molecule has 36 heavy (non-hydrogen) atoms. The molecule has 5 heterocycles. The number of nitrogens with two attached hydrogens (primary N) is 1. The number of benzene rings is 2. The van der Waals surface area contributed by atoms with Gasteiger partial charge < -0.3 is 26.3 Å². The van der Waals surface area contributed by atoms with Crippen molar-refractivity contribution in [1.29, 1.82) is 0 Å². The zero-order valence-electron chi connectivity index (χ0n) is 18.8. The Hall–Kier alpha value is -4.93. The van der Waals surface area contributed by atoms with Gasteiger partial charge in [0.25, 0.3) is 11.5 Å². The van der Waals surface area contributed by atoms with Crippen LogP contribution in [0.25, 0.3) is 17.2 Å². The molecule has 0 radical (unpaired) electrons. The number of fused-ring (bicyclic) bond motifs is 6. The fraction of sp³-hybridized carbons (Fsp3) is 0.160. The average Bonchev–Trinajstić information content (AvgIpc) is 3.53. The van der Waals surface area contributed by atoms with E-state index >= 15 is 0 Å². The zero-order valence-corrected chi connectivity index (χ0v) is 18.8. The quantitative estimate of drug-likeness (QED) is 0.268. The number of anilines is 2. The highest BCUT2D eigenvalue weighted by atomic mass is 16.2. The summed E-state index contributed by atoms with van der Waals surface area (Å²) in [5, 5.41) is 6.25. The number of amides is 2. The fourth-order valence-electron chi connectivity index (χ4n) is 5.72. The van der Waals surface area contributed by atoms with Crippen LogP contribution in [0.1, 0.15) is 23.4 Å². The van der Waals surface area contributed by atoms with Crippen molar-refractivity contribution in [1.82, 2.24) is 30.2 Å². The molecule has 0 aliphatic carbocycles. The molecular formula is C25H20N8O3. The Morgan fingerprint density at radius 2 is 1.78 bits per heavy atom. The molecule has 11 heteroatoms. The number of piperazine rings is 1. The number of carbonyl (C=O) groups is 2. The van der Waals surface area contributed by atoms with E-state index in [0.717, 1.165) is 16.8 Å². The van der Waals surface area contributed by atoms with Gasteiger partial charge in [-0.15, -0.1) is 0 Å². The van der Waals surface area contributed by atoms with Gasteiger partial charge in [-0.25, -0.2) is 4.98 Å². The van der Waals surface area contributed by atoms with Crippen molar-refractivity contribution in [2.75, 3.05) is 11.1 Å². The van der Waals surface area contributed by atoms with Crippen molar-refractivity contribution in [2.45, 2.75) is 24.0 Å². The van der Waals surface area contributed by atoms with Crippen LogP contribution in [0.15, 0.2) is 65.1 Å². The Kier molecular flexibility index (Phi) is 4.00. The lowest BCUT2D eigenvalue weighted by Crippen LogP contribution is -2.58. The molecule has 2 saturated heterocycles. The summed E-state index contributed by atoms with van der Waals surface area (Å²) in [7, 11) is 0. The number of hydrogen-bond donors (Lipinski definition) is 5. The third-order valence-corrected chi connectivity index (χ3v) is 7.23. The molecule has 3 aliphatic heterocycles. The molecule has 2 fully saturated rings. The lowest BCUT2D eigenvalue weighted by molar-refractivity contribution is -0.141. The minimum Gasteiger partial charge on any atom is -0.369 e. The molecule has 3 aliphatic rings. The molecule has 11 nitrogen and oxygen atoms in total. The van der Waals surface area contributed by atoms with Crippen LogP contribution in [0, 0.1) is 0 Å². The third kappa shape index (κ3) is 2.64. The summed E-state index contributed by atoms with van der Waals surface area (Å²) in [6, 6.07) is 16.3. The summed E-state index contributed by atoms with van der Waals surface area (Å²) in [6.07, 6.45) is 1.33. The van der Waals surface area contributed by atoms with E-state index in [1.54, 1.807) is 11.0 Å². The molecule has 2 amide bonds. The van der Waals surface area contributed by atoms with Crippen molar-refractivity contribution in [2.24, 2.45) is 0 Å². The number of carbonyl (C=O) groups excluding carboxylic acids is 2. The second kappa shape index (κ2) is 7.04. The van der Waals surface area contributed by atoms with Crippen molar-refractivity contribution < 1.29 is 9.59 Å². The maximum absolute atomic E-state index is 13.8. The molecule has 0 unspecified atom stereocenters. The van der Waals surface area contributed by atoms with Gasteiger partial charge in [0, 0.05) is 5.69 Å². The van der Waals surface area contributed by atoms with Gasteiger partial charge in [-0.2, -0.15) is 4.98 Å². The van der Waals surface area contributed by atoms with Crippen LogP contribution in [-0.2, 0) is 15.0 Å². The Morgan fingerprint density at radius 3 is 2.61 bits per heavy atom. The SMILES string of the molecule is Nc1nc2nc([C@@]34C[C@H]5C(=O)N/C(=C/c6ccccc6)C(=O)N5[C@H]3Nc3ccccc34)[nH]c2c(=O)[nH]1. The van der Waals surface area contributed by atoms with E-state index in [1.807, 2.05) is 54.6 Å². The van der Waals surface area contributed by atoms with Gasteiger partial charge in [0.15, 0.2) is 11.2 Å². The molecular weight excluding hydrogens is 460 g/mol. The Labute approximate surface area is 203 Å². The molecule has 7 rings (SSSR count). The van der Waals surface area contributed by atoms with Crippen LogP contribution in [-0.4, -0.2) is 48.9 Å². The van der Waals surface area contributed by atoms with Crippen molar-refractivity contribution in [3.8, 4) is 0 Å². The number of hydrogen-bond acceptors (Lipinski definition) is 7. The molecule has 0 saturated carbocycles. The van der Waals surface area contributed by atoms with E-state index in [2.05, 4.69) is 30.6 Å². The summed E-state index contributed by atoms with van der Waals surface area (Å²) in [4.78, 5) is 55.7. The maximum Gasteiger partial charge on any atom is 0.278 e. The summed E-state index contributed by atoms with van der Waals surface area (Å²) >= 11 is 0. The number of imidazole rings is 1. The van der Waals surface area contributed by atoms with E-state index in [9.17, 15) is 14.4 Å². The first-order chi connectivity index (χ1) is 17.5. The predicted octanol–water partition coefficient (Wildman–Crippen LogP) is 1.04. The van der Waals surface area contributed by atoms with Gasteiger partial charge in [-0.3, -0.25) is 19.4 Å². The molecule has 4 aromatic rings. The highest BCUT2D eigenvalue weighted by Crippen LogP contribution is 2.54. The molecule has 6 N–H and O–H groups in total. The predicted molar refractivity (Wildman–Crippen MR) is 131 cm³/mol. The van der Waals surface area contributed by atoms with Crippen LogP contribution in [0.4, 0.5) is 11.6 Å². The molecule has 2 aromatic heterocycles. The standard InChI is InChI=1S/C25H20N8O3/c26-24-31-18-17(20(35)32-24)29-22(30-18)25-11-16-19(34)27-15(10-12-6-2-1-3-7-12)21(36)33(16)23(25)28-14-9-5-4-8-13(14)25/h1-10,16,23,28H,11H2,(H,27,34)(H4,26,29,30,31,32,35)/b15-10+/t16-,23+,25-/m0/s1. The van der Waals surface area contributed by atoms with Gasteiger partial charge in [-0.05, 0) is 29.7 Å². The Balaban J connectivity index is 1.41. The van der Waals surface area contributed by atoms with E-state index in [4.69, 9.17) is 5.73 Å². The van der Waals surface area contributed by atoms with Gasteiger partial charge in [0.2, 0.25) is 11.9 Å². The van der Waals surface area contributed by atoms with Crippen LogP contribution >= 0.6 is 0 Å². The minimum absolute atomic E-state index is 0.0429. The first-order valence-corrected chi connectivity index (χ1v) is 11.5. The number of H-pyrrole nitrogens is 2. The fourth-order valence-corrected chi connectivity index (χ4v) is 5.72. The van der Waals surface area contributed by atoms with Crippen molar-refractivity contribution in [3.63, 3.8) is 0 Å². The number of aromatic nitrogens is 4. The number of para-hydroxylation sites is 1. The third-order valence-electron chi connectivity index (χ3n) is 7.23.